The number of aromatic nitrogens is 4. The van der Waals surface area contributed by atoms with E-state index in [-0.39, 0.29) is 27.8 Å². The number of phosphoric acid groups is 1. The predicted molar refractivity (Wildman–Crippen MR) is 116 cm³/mol. The molecule has 0 bridgehead atoms. The maximum absolute atomic E-state index is 11.0. The first kappa shape index (κ1) is 24.4. The maximum Gasteiger partial charge on any atom is 0.469 e. The summed E-state index contributed by atoms with van der Waals surface area (Å²) in [6.07, 6.45) is -4.35. The van der Waals surface area contributed by atoms with Gasteiger partial charge in [0.25, 0.3) is 5.69 Å². The number of ether oxygens (including phenoxy) is 1. The molecule has 2 aromatic heterocycles. The van der Waals surface area contributed by atoms with Crippen LogP contribution in [0.15, 0.2) is 35.7 Å². The van der Waals surface area contributed by atoms with Crippen molar-refractivity contribution in [3.8, 4) is 0 Å². The van der Waals surface area contributed by atoms with Crippen molar-refractivity contribution in [2.45, 2.75) is 35.4 Å². The number of nitro groups is 1. The van der Waals surface area contributed by atoms with Crippen LogP contribution >= 0.6 is 19.6 Å². The summed E-state index contributed by atoms with van der Waals surface area (Å²) in [5.74, 6) is 0.389. The molecule has 1 aliphatic rings. The van der Waals surface area contributed by atoms with Crippen LogP contribution in [0, 0.1) is 10.1 Å². The van der Waals surface area contributed by atoms with E-state index in [1.807, 2.05) is 0 Å². The van der Waals surface area contributed by atoms with Gasteiger partial charge in [0.1, 0.15) is 24.6 Å². The van der Waals surface area contributed by atoms with Gasteiger partial charge < -0.3 is 30.5 Å². The van der Waals surface area contributed by atoms with Gasteiger partial charge in [0.15, 0.2) is 28.4 Å². The Hall–Kier alpha value is -2.69. The Labute approximate surface area is 195 Å². The van der Waals surface area contributed by atoms with Crippen molar-refractivity contribution in [1.82, 2.24) is 19.5 Å². The molecule has 15 nitrogen and oxygen atoms in total. The highest BCUT2D eigenvalue weighted by Crippen LogP contribution is 2.40. The lowest BCUT2D eigenvalue weighted by atomic mass is 10.1. The first-order valence-electron chi connectivity index (χ1n) is 9.61. The second kappa shape index (κ2) is 9.52. The zero-order chi connectivity index (χ0) is 24.6. The number of rotatable bonds is 8. The molecule has 17 heteroatoms. The number of thioether (sulfide) groups is 1. The number of non-ortho nitro benzene ring substituents is 1. The second-order valence-electron chi connectivity index (χ2n) is 7.24. The third-order valence-electron chi connectivity index (χ3n) is 4.99. The SMILES string of the molecule is Nc1ncnc2c1nc(SCc1ccc([N+](=O)[O-])cc1)n2C1OC(COP(=O)(O)O)C(O)C1O. The maximum atomic E-state index is 11.0. The van der Waals surface area contributed by atoms with Crippen molar-refractivity contribution in [3.63, 3.8) is 0 Å². The van der Waals surface area contributed by atoms with Gasteiger partial charge in [-0.1, -0.05) is 23.9 Å². The number of nitrogen functional groups attached to an aromatic ring is 1. The molecule has 0 spiro atoms. The van der Waals surface area contributed by atoms with Crippen molar-refractivity contribution >= 4 is 42.3 Å². The van der Waals surface area contributed by atoms with Crippen LogP contribution in [0.25, 0.3) is 11.2 Å². The fourth-order valence-corrected chi connectivity index (χ4v) is 4.66. The van der Waals surface area contributed by atoms with Crippen LogP contribution in [0.4, 0.5) is 11.5 Å². The minimum Gasteiger partial charge on any atom is -0.387 e. The van der Waals surface area contributed by atoms with E-state index in [0.29, 0.717) is 5.75 Å². The summed E-state index contributed by atoms with van der Waals surface area (Å²) in [5, 5.41) is 32.1. The minimum atomic E-state index is -4.83. The predicted octanol–water partition coefficient (Wildman–Crippen LogP) is 0.337. The van der Waals surface area contributed by atoms with Crippen molar-refractivity contribution in [2.24, 2.45) is 0 Å². The minimum absolute atomic E-state index is 0.0518. The van der Waals surface area contributed by atoms with Gasteiger partial charge in [-0.05, 0) is 5.56 Å². The smallest absolute Gasteiger partial charge is 0.387 e. The van der Waals surface area contributed by atoms with E-state index in [4.69, 9.17) is 20.3 Å². The standard InChI is InChI=1S/C17H19N6O9PS/c18-14-11-15(20-7-19-14)22(16-13(25)12(24)10(32-16)5-31-33(28,29)30)17(21-11)34-6-8-1-3-9(4-2-8)23(26)27/h1-4,7,10,12-13,16,24-25H,5-6H2,(H2,18,19,20)(H2,28,29,30). The molecule has 34 heavy (non-hydrogen) atoms. The van der Waals surface area contributed by atoms with Crippen molar-refractivity contribution < 1.29 is 38.7 Å². The lowest BCUT2D eigenvalue weighted by Crippen LogP contribution is -2.33. The fourth-order valence-electron chi connectivity index (χ4n) is 3.35. The largest absolute Gasteiger partial charge is 0.469 e. The molecule has 4 atom stereocenters. The lowest BCUT2D eigenvalue weighted by molar-refractivity contribution is -0.384. The van der Waals surface area contributed by atoms with Gasteiger partial charge in [0, 0.05) is 17.9 Å². The fraction of sp³-hybridized carbons (Fsp3) is 0.353. The van der Waals surface area contributed by atoms with Gasteiger partial charge in [-0.2, -0.15) is 0 Å². The number of benzene rings is 1. The molecule has 0 aliphatic carbocycles. The highest BCUT2D eigenvalue weighted by molar-refractivity contribution is 7.98. The first-order valence-corrected chi connectivity index (χ1v) is 12.1. The van der Waals surface area contributed by atoms with Gasteiger partial charge in [-0.15, -0.1) is 0 Å². The molecular weight excluding hydrogens is 495 g/mol. The summed E-state index contributed by atoms with van der Waals surface area (Å²) in [7, 11) is -4.83. The summed E-state index contributed by atoms with van der Waals surface area (Å²) in [6, 6.07) is 5.92. The Bertz CT molecular complexity index is 1250. The molecule has 3 heterocycles. The number of imidazole rings is 1. The summed E-state index contributed by atoms with van der Waals surface area (Å²) < 4.78 is 22.5. The van der Waals surface area contributed by atoms with E-state index >= 15 is 0 Å². The molecule has 1 saturated heterocycles. The highest BCUT2D eigenvalue weighted by atomic mass is 32.2. The number of phosphoric ester groups is 1. The van der Waals surface area contributed by atoms with E-state index in [1.54, 1.807) is 12.1 Å². The van der Waals surface area contributed by atoms with Crippen molar-refractivity contribution in [1.29, 1.82) is 0 Å². The lowest BCUT2D eigenvalue weighted by Gasteiger charge is -2.19. The molecule has 182 valence electrons. The van der Waals surface area contributed by atoms with Gasteiger partial charge in [-0.3, -0.25) is 19.2 Å². The van der Waals surface area contributed by atoms with Crippen molar-refractivity contribution in [2.75, 3.05) is 12.3 Å². The van der Waals surface area contributed by atoms with E-state index < -0.39 is 43.9 Å². The van der Waals surface area contributed by atoms with E-state index in [1.165, 1.54) is 34.8 Å². The number of hydrogen-bond donors (Lipinski definition) is 5. The van der Waals surface area contributed by atoms with Gasteiger partial charge >= 0.3 is 7.82 Å². The highest BCUT2D eigenvalue weighted by Gasteiger charge is 2.46. The number of hydrogen-bond acceptors (Lipinski definition) is 12. The molecular formula is C17H19N6O9PS. The Morgan fingerprint density at radius 3 is 2.59 bits per heavy atom. The summed E-state index contributed by atoms with van der Waals surface area (Å²) in [6.45, 7) is -0.673. The van der Waals surface area contributed by atoms with Gasteiger partial charge in [-0.25, -0.2) is 19.5 Å². The molecule has 1 aromatic carbocycles. The number of nitrogens with zero attached hydrogens (tertiary/aromatic N) is 5. The zero-order valence-electron chi connectivity index (χ0n) is 17.1. The quantitative estimate of drug-likeness (QED) is 0.118. The van der Waals surface area contributed by atoms with Crippen LogP contribution in [0.3, 0.4) is 0 Å². The number of aliphatic hydroxyl groups is 2. The summed E-state index contributed by atoms with van der Waals surface area (Å²) in [5.41, 5.74) is 7.02. The Kier molecular flexibility index (Phi) is 6.84. The topological polar surface area (TPSA) is 229 Å². The van der Waals surface area contributed by atoms with Gasteiger partial charge in [0.05, 0.1) is 11.5 Å². The first-order chi connectivity index (χ1) is 16.0. The number of nitrogens with two attached hydrogens (primary N) is 1. The van der Waals surface area contributed by atoms with Crippen LogP contribution in [-0.2, 0) is 19.6 Å². The molecule has 0 saturated carbocycles. The number of nitro benzene ring substituents is 1. The van der Waals surface area contributed by atoms with Crippen LogP contribution in [-0.4, -0.2) is 69.4 Å². The van der Waals surface area contributed by atoms with Crippen LogP contribution < -0.4 is 5.73 Å². The monoisotopic (exact) mass is 514 g/mol. The summed E-state index contributed by atoms with van der Waals surface area (Å²) >= 11 is 1.19. The summed E-state index contributed by atoms with van der Waals surface area (Å²) in [4.78, 5) is 40.7. The number of aliphatic hydroxyl groups excluding tert-OH is 2. The average molecular weight is 514 g/mol. The van der Waals surface area contributed by atoms with E-state index in [2.05, 4.69) is 19.5 Å². The average Bonchev–Trinajstić information content (AvgIpc) is 3.29. The third-order valence-corrected chi connectivity index (χ3v) is 6.50. The Morgan fingerprint density at radius 2 is 1.94 bits per heavy atom. The Balaban J connectivity index is 1.63. The molecule has 6 N–H and O–H groups in total. The number of anilines is 1. The third kappa shape index (κ3) is 5.03. The molecule has 1 fully saturated rings. The number of fused-ring (bicyclic) bond motifs is 1. The molecule has 1 aliphatic heterocycles. The van der Waals surface area contributed by atoms with E-state index in [9.17, 15) is 24.9 Å². The molecule has 3 aromatic rings. The second-order valence-corrected chi connectivity index (χ2v) is 9.42. The molecule has 4 rings (SSSR count). The molecule has 0 radical (unpaired) electrons. The van der Waals surface area contributed by atoms with Crippen LogP contribution in [0.2, 0.25) is 0 Å². The molecule has 0 amide bonds. The van der Waals surface area contributed by atoms with E-state index in [0.717, 1.165) is 5.56 Å². The van der Waals surface area contributed by atoms with Crippen molar-refractivity contribution in [3.05, 3.63) is 46.3 Å². The molecule has 4 unspecified atom stereocenters. The zero-order valence-corrected chi connectivity index (χ0v) is 18.8. The van der Waals surface area contributed by atoms with Gasteiger partial charge in [0.2, 0.25) is 0 Å². The Morgan fingerprint density at radius 1 is 1.24 bits per heavy atom. The van der Waals surface area contributed by atoms with Crippen LogP contribution in [0.5, 0.6) is 0 Å². The normalized spacial score (nSPS) is 22.9. The van der Waals surface area contributed by atoms with Crippen LogP contribution in [0.1, 0.15) is 11.8 Å².